The first-order valence-electron chi connectivity index (χ1n) is 9.60. The van der Waals surface area contributed by atoms with Crippen molar-refractivity contribution in [3.8, 4) is 17.2 Å². The lowest BCUT2D eigenvalue weighted by atomic mass is 10.1. The Morgan fingerprint density at radius 2 is 2.10 bits per heavy atom. The average molecular weight is 421 g/mol. The molecule has 1 N–H and O–H groups in total. The van der Waals surface area contributed by atoms with E-state index in [-0.39, 0.29) is 6.10 Å². The molecule has 29 heavy (non-hydrogen) atoms. The van der Waals surface area contributed by atoms with E-state index in [1.54, 1.807) is 33.7 Å². The molecule has 0 radical (unpaired) electrons. The molecule has 1 fully saturated rings. The molecule has 8 heteroatoms. The first-order valence-corrected chi connectivity index (χ1v) is 10.0. The molecule has 2 heterocycles. The van der Waals surface area contributed by atoms with E-state index in [0.29, 0.717) is 42.0 Å². The van der Waals surface area contributed by atoms with Crippen LogP contribution in [0.15, 0.2) is 34.9 Å². The molecule has 2 aromatic rings. The second kappa shape index (κ2) is 10.4. The first kappa shape index (κ1) is 21.3. The third-order valence-electron chi connectivity index (χ3n) is 4.86. The zero-order valence-corrected chi connectivity index (χ0v) is 17.9. The van der Waals surface area contributed by atoms with Gasteiger partial charge in [-0.2, -0.15) is 0 Å². The fourth-order valence-corrected chi connectivity index (χ4v) is 3.61. The molecule has 0 amide bonds. The molecule has 1 aliphatic heterocycles. The summed E-state index contributed by atoms with van der Waals surface area (Å²) in [4.78, 5) is 2.09. The Balaban J connectivity index is 1.80. The quantitative estimate of drug-likeness (QED) is 0.620. The molecule has 0 unspecified atom stereocenters. The third-order valence-corrected chi connectivity index (χ3v) is 5.26. The smallest absolute Gasteiger partial charge is 0.169 e. The second-order valence-electron chi connectivity index (χ2n) is 6.78. The van der Waals surface area contributed by atoms with Gasteiger partial charge >= 0.3 is 0 Å². The van der Waals surface area contributed by atoms with Gasteiger partial charge < -0.3 is 33.6 Å². The number of furan rings is 1. The van der Waals surface area contributed by atoms with Crippen LogP contribution in [0, 0.1) is 0 Å². The molecular weight excluding hydrogens is 392 g/mol. The molecule has 3 rings (SSSR count). The Morgan fingerprint density at radius 1 is 1.24 bits per heavy atom. The van der Waals surface area contributed by atoms with Gasteiger partial charge in [-0.3, -0.25) is 0 Å². The van der Waals surface area contributed by atoms with Crippen molar-refractivity contribution in [1.29, 1.82) is 0 Å². The molecule has 1 saturated heterocycles. The van der Waals surface area contributed by atoms with Crippen LogP contribution in [0.1, 0.15) is 24.2 Å². The van der Waals surface area contributed by atoms with Gasteiger partial charge in [0.2, 0.25) is 0 Å². The Kier molecular flexibility index (Phi) is 7.60. The van der Waals surface area contributed by atoms with Crippen molar-refractivity contribution in [1.82, 2.24) is 10.2 Å². The lowest BCUT2D eigenvalue weighted by molar-refractivity contribution is 0.0895. The van der Waals surface area contributed by atoms with Gasteiger partial charge in [0.15, 0.2) is 16.6 Å². The molecule has 158 valence electrons. The van der Waals surface area contributed by atoms with Crippen LogP contribution in [0.5, 0.6) is 17.2 Å². The highest BCUT2D eigenvalue weighted by Crippen LogP contribution is 2.36. The standard InChI is InChI=1S/C21H28N2O5S/c1-24-18-10-15(20(26-3)19(11-18)25-2)13-23(14-17-7-5-9-28-17)21(29)22-12-16-6-4-8-27-16/h4,6,8,10-11,17H,5,7,9,12-14H2,1-3H3,(H,22,29)/t17-/m1/s1. The van der Waals surface area contributed by atoms with E-state index in [4.69, 9.17) is 35.6 Å². The number of nitrogens with one attached hydrogen (secondary N) is 1. The van der Waals surface area contributed by atoms with Crippen LogP contribution in [-0.4, -0.2) is 50.6 Å². The number of rotatable bonds is 9. The number of hydrogen-bond acceptors (Lipinski definition) is 6. The zero-order chi connectivity index (χ0) is 20.6. The average Bonchev–Trinajstić information content (AvgIpc) is 3.44. The van der Waals surface area contributed by atoms with E-state index in [1.807, 2.05) is 18.2 Å². The van der Waals surface area contributed by atoms with Crippen molar-refractivity contribution in [3.05, 3.63) is 41.9 Å². The summed E-state index contributed by atoms with van der Waals surface area (Å²) in [7, 11) is 4.87. The normalized spacial score (nSPS) is 15.8. The summed E-state index contributed by atoms with van der Waals surface area (Å²) in [6.07, 6.45) is 3.89. The van der Waals surface area contributed by atoms with E-state index >= 15 is 0 Å². The third kappa shape index (κ3) is 5.55. The highest BCUT2D eigenvalue weighted by Gasteiger charge is 2.23. The fraction of sp³-hybridized carbons (Fsp3) is 0.476. The van der Waals surface area contributed by atoms with E-state index in [9.17, 15) is 0 Å². The van der Waals surface area contributed by atoms with E-state index < -0.39 is 0 Å². The van der Waals surface area contributed by atoms with Crippen molar-refractivity contribution in [2.75, 3.05) is 34.5 Å². The van der Waals surface area contributed by atoms with Crippen LogP contribution in [-0.2, 0) is 17.8 Å². The van der Waals surface area contributed by atoms with Crippen LogP contribution in [0.3, 0.4) is 0 Å². The largest absolute Gasteiger partial charge is 0.497 e. The van der Waals surface area contributed by atoms with Crippen LogP contribution in [0.2, 0.25) is 0 Å². The number of benzene rings is 1. The van der Waals surface area contributed by atoms with Gasteiger partial charge in [0.05, 0.1) is 40.2 Å². The summed E-state index contributed by atoms with van der Waals surface area (Å²) < 4.78 is 27.8. The second-order valence-corrected chi connectivity index (χ2v) is 7.16. The topological polar surface area (TPSA) is 65.3 Å². The summed E-state index contributed by atoms with van der Waals surface area (Å²) >= 11 is 5.70. The van der Waals surface area contributed by atoms with E-state index in [2.05, 4.69) is 10.2 Å². The lowest BCUT2D eigenvalue weighted by Gasteiger charge is -2.29. The maximum atomic E-state index is 5.84. The fourth-order valence-electron chi connectivity index (χ4n) is 3.40. The number of nitrogens with zero attached hydrogens (tertiary/aromatic N) is 1. The van der Waals surface area contributed by atoms with Gasteiger partial charge in [0.1, 0.15) is 11.5 Å². The van der Waals surface area contributed by atoms with E-state index in [0.717, 1.165) is 30.8 Å². The highest BCUT2D eigenvalue weighted by atomic mass is 32.1. The van der Waals surface area contributed by atoms with Gasteiger partial charge in [-0.1, -0.05) is 0 Å². The van der Waals surface area contributed by atoms with Crippen molar-refractivity contribution in [3.63, 3.8) is 0 Å². The number of hydrogen-bond donors (Lipinski definition) is 1. The Morgan fingerprint density at radius 3 is 2.72 bits per heavy atom. The maximum absolute atomic E-state index is 5.84. The molecule has 0 saturated carbocycles. The minimum Gasteiger partial charge on any atom is -0.497 e. The van der Waals surface area contributed by atoms with E-state index in [1.165, 1.54) is 0 Å². The van der Waals surface area contributed by atoms with Crippen molar-refractivity contribution < 1.29 is 23.4 Å². The van der Waals surface area contributed by atoms with Crippen molar-refractivity contribution in [2.45, 2.75) is 32.0 Å². The Labute approximate surface area is 176 Å². The summed E-state index contributed by atoms with van der Waals surface area (Å²) in [5.41, 5.74) is 0.920. The minimum atomic E-state index is 0.150. The zero-order valence-electron chi connectivity index (χ0n) is 17.1. The molecule has 7 nitrogen and oxygen atoms in total. The van der Waals surface area contributed by atoms with Gasteiger partial charge in [0, 0.05) is 31.3 Å². The van der Waals surface area contributed by atoms with Gasteiger partial charge in [-0.25, -0.2) is 0 Å². The van der Waals surface area contributed by atoms with Crippen LogP contribution < -0.4 is 19.5 Å². The molecule has 0 aliphatic carbocycles. The molecule has 1 aliphatic rings. The Bertz CT molecular complexity index is 791. The molecule has 0 spiro atoms. The number of thiocarbonyl (C=S) groups is 1. The lowest BCUT2D eigenvalue weighted by Crippen LogP contribution is -2.42. The van der Waals surface area contributed by atoms with Crippen LogP contribution >= 0.6 is 12.2 Å². The highest BCUT2D eigenvalue weighted by molar-refractivity contribution is 7.80. The molecule has 1 atom stereocenters. The molecule has 1 aromatic carbocycles. The SMILES string of the molecule is COc1cc(CN(C[C@H]2CCCO2)C(=S)NCc2ccco2)c(OC)c(OC)c1. The summed E-state index contributed by atoms with van der Waals surface area (Å²) in [5.74, 6) is 2.81. The van der Waals surface area contributed by atoms with Crippen LogP contribution in [0.4, 0.5) is 0 Å². The predicted octanol–water partition coefficient (Wildman–Crippen LogP) is 3.36. The predicted molar refractivity (Wildman–Crippen MR) is 114 cm³/mol. The summed E-state index contributed by atoms with van der Waals surface area (Å²) in [5, 5.41) is 3.90. The number of methoxy groups -OCH3 is 3. The van der Waals surface area contributed by atoms with Gasteiger partial charge in [0.25, 0.3) is 0 Å². The van der Waals surface area contributed by atoms with Crippen LogP contribution in [0.25, 0.3) is 0 Å². The van der Waals surface area contributed by atoms with Crippen molar-refractivity contribution in [2.24, 2.45) is 0 Å². The van der Waals surface area contributed by atoms with Crippen molar-refractivity contribution >= 4 is 17.3 Å². The monoisotopic (exact) mass is 420 g/mol. The summed E-state index contributed by atoms with van der Waals surface area (Å²) in [6, 6.07) is 7.52. The molecule has 0 bridgehead atoms. The Hall–Kier alpha value is -2.45. The van der Waals surface area contributed by atoms with Gasteiger partial charge in [-0.05, 0) is 43.3 Å². The maximum Gasteiger partial charge on any atom is 0.169 e. The first-order chi connectivity index (χ1) is 14.1. The molecule has 1 aromatic heterocycles. The number of ether oxygens (including phenoxy) is 4. The summed E-state index contributed by atoms with van der Waals surface area (Å²) in [6.45, 7) is 2.53. The minimum absolute atomic E-state index is 0.150. The molecular formula is C21H28N2O5S. The van der Waals surface area contributed by atoms with Gasteiger partial charge in [-0.15, -0.1) is 0 Å².